The van der Waals surface area contributed by atoms with Crippen LogP contribution in [0.3, 0.4) is 0 Å². The maximum atomic E-state index is 5.99. The van der Waals surface area contributed by atoms with E-state index in [0.717, 1.165) is 28.8 Å². The van der Waals surface area contributed by atoms with Crippen molar-refractivity contribution in [2.45, 2.75) is 6.42 Å². The lowest BCUT2D eigenvalue weighted by atomic mass is 10.2. The van der Waals surface area contributed by atoms with Gasteiger partial charge < -0.3 is 10.6 Å². The minimum Gasteiger partial charge on any atom is -0.397 e. The lowest BCUT2D eigenvalue weighted by Gasteiger charge is -2.21. The Morgan fingerprint density at radius 3 is 2.67 bits per heavy atom. The molecule has 0 saturated heterocycles. The summed E-state index contributed by atoms with van der Waals surface area (Å²) in [6.07, 6.45) is 4.62. The van der Waals surface area contributed by atoms with Crippen molar-refractivity contribution in [1.29, 1.82) is 0 Å². The highest BCUT2D eigenvalue weighted by Crippen LogP contribution is 2.26. The van der Waals surface area contributed by atoms with E-state index < -0.39 is 0 Å². The van der Waals surface area contributed by atoms with Crippen LogP contribution in [-0.4, -0.2) is 18.6 Å². The number of hydrogen-bond donors (Lipinski definition) is 1. The summed E-state index contributed by atoms with van der Waals surface area (Å²) in [5, 5.41) is 0. The van der Waals surface area contributed by atoms with Crippen LogP contribution in [0.1, 0.15) is 5.56 Å². The Kier molecular flexibility index (Phi) is 4.20. The first kappa shape index (κ1) is 12.9. The van der Waals surface area contributed by atoms with Gasteiger partial charge in [0.1, 0.15) is 0 Å². The standard InChI is InChI=1S/C14H16BrN3/c1-18(9-6-11-4-7-17-8-5-11)14-10-12(15)2-3-13(14)16/h2-5,7-8,10H,6,9,16H2,1H3. The molecule has 0 spiro atoms. The maximum absolute atomic E-state index is 5.99. The summed E-state index contributed by atoms with van der Waals surface area (Å²) in [5.41, 5.74) is 9.13. The van der Waals surface area contributed by atoms with Gasteiger partial charge in [-0.05, 0) is 42.3 Å². The summed E-state index contributed by atoms with van der Waals surface area (Å²) in [6, 6.07) is 10.00. The summed E-state index contributed by atoms with van der Waals surface area (Å²) >= 11 is 3.47. The summed E-state index contributed by atoms with van der Waals surface area (Å²) < 4.78 is 1.04. The van der Waals surface area contributed by atoms with Crippen molar-refractivity contribution in [1.82, 2.24) is 4.98 Å². The quantitative estimate of drug-likeness (QED) is 0.883. The molecule has 0 aliphatic heterocycles. The largest absolute Gasteiger partial charge is 0.397 e. The van der Waals surface area contributed by atoms with Gasteiger partial charge in [-0.2, -0.15) is 0 Å². The molecule has 1 heterocycles. The van der Waals surface area contributed by atoms with Crippen LogP contribution >= 0.6 is 15.9 Å². The van der Waals surface area contributed by atoms with Gasteiger partial charge >= 0.3 is 0 Å². The van der Waals surface area contributed by atoms with Gasteiger partial charge in [0.2, 0.25) is 0 Å². The Labute approximate surface area is 116 Å². The molecule has 0 radical (unpaired) electrons. The normalized spacial score (nSPS) is 10.3. The molecule has 0 saturated carbocycles. The average molecular weight is 306 g/mol. The first-order valence-electron chi connectivity index (χ1n) is 5.82. The summed E-state index contributed by atoms with van der Waals surface area (Å²) in [5.74, 6) is 0. The molecular formula is C14H16BrN3. The minimum absolute atomic E-state index is 0.801. The number of nitrogens with zero attached hydrogens (tertiary/aromatic N) is 2. The highest BCUT2D eigenvalue weighted by atomic mass is 79.9. The number of benzene rings is 1. The van der Waals surface area contributed by atoms with Gasteiger partial charge in [-0.15, -0.1) is 0 Å². The fourth-order valence-corrected chi connectivity index (χ4v) is 2.16. The molecule has 2 N–H and O–H groups in total. The number of hydrogen-bond acceptors (Lipinski definition) is 3. The molecule has 94 valence electrons. The Balaban J connectivity index is 2.03. The molecule has 2 rings (SSSR count). The third kappa shape index (κ3) is 3.23. The molecule has 0 aliphatic rings. The lowest BCUT2D eigenvalue weighted by molar-refractivity contribution is 0.876. The number of pyridine rings is 1. The second kappa shape index (κ2) is 5.87. The van der Waals surface area contributed by atoms with E-state index in [4.69, 9.17) is 5.73 Å². The van der Waals surface area contributed by atoms with Crippen LogP contribution in [0.4, 0.5) is 11.4 Å². The van der Waals surface area contributed by atoms with Crippen LogP contribution in [0.5, 0.6) is 0 Å². The second-order valence-electron chi connectivity index (χ2n) is 4.23. The van der Waals surface area contributed by atoms with E-state index in [2.05, 4.69) is 32.9 Å². The van der Waals surface area contributed by atoms with Crippen molar-refractivity contribution < 1.29 is 0 Å². The van der Waals surface area contributed by atoms with Crippen molar-refractivity contribution in [2.24, 2.45) is 0 Å². The maximum Gasteiger partial charge on any atom is 0.0608 e. The van der Waals surface area contributed by atoms with Gasteiger partial charge in [0.15, 0.2) is 0 Å². The SMILES string of the molecule is CN(CCc1ccncc1)c1cc(Br)ccc1N. The van der Waals surface area contributed by atoms with Crippen molar-refractivity contribution >= 4 is 27.3 Å². The Bertz CT molecular complexity index is 514. The van der Waals surface area contributed by atoms with Crippen LogP contribution in [-0.2, 0) is 6.42 Å². The fraction of sp³-hybridized carbons (Fsp3) is 0.214. The monoisotopic (exact) mass is 305 g/mol. The molecule has 0 amide bonds. The zero-order valence-electron chi connectivity index (χ0n) is 10.3. The van der Waals surface area contributed by atoms with Gasteiger partial charge in [-0.1, -0.05) is 15.9 Å². The molecule has 1 aromatic heterocycles. The molecule has 0 aliphatic carbocycles. The zero-order chi connectivity index (χ0) is 13.0. The molecular weight excluding hydrogens is 290 g/mol. The smallest absolute Gasteiger partial charge is 0.0608 e. The van der Waals surface area contributed by atoms with E-state index in [9.17, 15) is 0 Å². The minimum atomic E-state index is 0.801. The second-order valence-corrected chi connectivity index (χ2v) is 5.15. The molecule has 0 bridgehead atoms. The topological polar surface area (TPSA) is 42.2 Å². The highest BCUT2D eigenvalue weighted by molar-refractivity contribution is 9.10. The first-order chi connectivity index (χ1) is 8.66. The summed E-state index contributed by atoms with van der Waals surface area (Å²) in [7, 11) is 2.05. The molecule has 0 atom stereocenters. The average Bonchev–Trinajstić information content (AvgIpc) is 2.40. The van der Waals surface area contributed by atoms with Gasteiger partial charge in [0, 0.05) is 30.5 Å². The molecule has 18 heavy (non-hydrogen) atoms. The van der Waals surface area contributed by atoms with Gasteiger partial charge in [-0.25, -0.2) is 0 Å². The van der Waals surface area contributed by atoms with Gasteiger partial charge in [-0.3, -0.25) is 4.98 Å². The predicted octanol–water partition coefficient (Wildman–Crippen LogP) is 3.11. The summed E-state index contributed by atoms with van der Waals surface area (Å²) in [6.45, 7) is 0.921. The fourth-order valence-electron chi connectivity index (χ4n) is 1.81. The molecule has 0 fully saturated rings. The number of nitrogen functional groups attached to an aromatic ring is 1. The number of nitrogens with two attached hydrogens (primary N) is 1. The van der Waals surface area contributed by atoms with Gasteiger partial charge in [0.25, 0.3) is 0 Å². The van der Waals surface area contributed by atoms with E-state index in [1.54, 1.807) is 0 Å². The summed E-state index contributed by atoms with van der Waals surface area (Å²) in [4.78, 5) is 6.18. The van der Waals surface area contributed by atoms with Crippen molar-refractivity contribution in [2.75, 3.05) is 24.2 Å². The number of anilines is 2. The number of halogens is 1. The Morgan fingerprint density at radius 2 is 1.94 bits per heavy atom. The van der Waals surface area contributed by atoms with E-state index >= 15 is 0 Å². The van der Waals surface area contributed by atoms with E-state index in [1.807, 2.05) is 42.7 Å². The van der Waals surface area contributed by atoms with E-state index in [-0.39, 0.29) is 0 Å². The van der Waals surface area contributed by atoms with Gasteiger partial charge in [0.05, 0.1) is 11.4 Å². The Hall–Kier alpha value is -1.55. The molecule has 0 unspecified atom stereocenters. The first-order valence-corrected chi connectivity index (χ1v) is 6.61. The van der Waals surface area contributed by atoms with Crippen LogP contribution in [0.2, 0.25) is 0 Å². The number of likely N-dealkylation sites (N-methyl/N-ethyl adjacent to an activating group) is 1. The molecule has 1 aromatic carbocycles. The van der Waals surface area contributed by atoms with E-state index in [1.165, 1.54) is 5.56 Å². The lowest BCUT2D eigenvalue weighted by Crippen LogP contribution is -2.21. The van der Waals surface area contributed by atoms with Crippen LogP contribution in [0, 0.1) is 0 Å². The van der Waals surface area contributed by atoms with Crippen molar-refractivity contribution in [3.8, 4) is 0 Å². The van der Waals surface area contributed by atoms with E-state index in [0.29, 0.717) is 0 Å². The molecule has 2 aromatic rings. The Morgan fingerprint density at radius 1 is 1.22 bits per heavy atom. The predicted molar refractivity (Wildman–Crippen MR) is 79.8 cm³/mol. The number of aromatic nitrogens is 1. The van der Waals surface area contributed by atoms with Crippen LogP contribution in [0.25, 0.3) is 0 Å². The third-order valence-corrected chi connectivity index (χ3v) is 3.38. The zero-order valence-corrected chi connectivity index (χ0v) is 11.9. The third-order valence-electron chi connectivity index (χ3n) is 2.89. The number of rotatable bonds is 4. The van der Waals surface area contributed by atoms with Crippen molar-refractivity contribution in [3.63, 3.8) is 0 Å². The van der Waals surface area contributed by atoms with Crippen LogP contribution in [0.15, 0.2) is 47.2 Å². The highest BCUT2D eigenvalue weighted by Gasteiger charge is 2.06. The van der Waals surface area contributed by atoms with Crippen molar-refractivity contribution in [3.05, 3.63) is 52.8 Å². The molecule has 3 nitrogen and oxygen atoms in total. The van der Waals surface area contributed by atoms with Crippen LogP contribution < -0.4 is 10.6 Å². The molecule has 4 heteroatoms.